The molecule has 100 valence electrons. The summed E-state index contributed by atoms with van der Waals surface area (Å²) in [7, 11) is 0. The summed E-state index contributed by atoms with van der Waals surface area (Å²) in [5, 5.41) is 2.80. The smallest absolute Gasteiger partial charge is 0.244 e. The molecule has 0 saturated heterocycles. The maximum atomic E-state index is 12.0. The van der Waals surface area contributed by atoms with Crippen molar-refractivity contribution < 1.29 is 4.79 Å². The van der Waals surface area contributed by atoms with Gasteiger partial charge in [0.05, 0.1) is 6.33 Å². The number of carbonyl (C=O) groups excluding carboxylic acids is 1. The average Bonchev–Trinajstić information content (AvgIpc) is 2.84. The topological polar surface area (TPSA) is 98.7 Å². The third kappa shape index (κ3) is 2.28. The van der Waals surface area contributed by atoms with E-state index >= 15 is 0 Å². The fourth-order valence-electron chi connectivity index (χ4n) is 1.89. The number of benzene rings is 1. The fraction of sp³-hybridized carbons (Fsp3) is 0.0769. The van der Waals surface area contributed by atoms with E-state index in [2.05, 4.69) is 20.3 Å². The Labute approximate surface area is 114 Å². The average molecular weight is 268 g/mol. The van der Waals surface area contributed by atoms with E-state index in [1.54, 1.807) is 4.57 Å². The number of aromatic nitrogens is 4. The number of hydrogen-bond acceptors (Lipinski definition) is 5. The van der Waals surface area contributed by atoms with Crippen molar-refractivity contribution >= 4 is 28.6 Å². The molecule has 0 aliphatic carbocycles. The molecule has 7 nitrogen and oxygen atoms in total. The van der Waals surface area contributed by atoms with Crippen LogP contribution in [0.1, 0.15) is 0 Å². The predicted octanol–water partition coefficient (Wildman–Crippen LogP) is 1.05. The molecule has 0 spiro atoms. The Morgan fingerprint density at radius 3 is 2.80 bits per heavy atom. The number of nitrogens with zero attached hydrogens (tertiary/aromatic N) is 4. The van der Waals surface area contributed by atoms with Crippen LogP contribution in [0.4, 0.5) is 11.5 Å². The lowest BCUT2D eigenvalue weighted by atomic mass is 10.3. The first-order valence-electron chi connectivity index (χ1n) is 6.00. The molecule has 7 heteroatoms. The summed E-state index contributed by atoms with van der Waals surface area (Å²) < 4.78 is 1.63. The molecule has 1 aromatic carbocycles. The molecule has 0 fully saturated rings. The summed E-state index contributed by atoms with van der Waals surface area (Å²) in [6, 6.07) is 9.25. The summed E-state index contributed by atoms with van der Waals surface area (Å²) in [5.41, 5.74) is 7.49. The maximum absolute atomic E-state index is 12.0. The molecular weight excluding hydrogens is 256 g/mol. The first-order valence-corrected chi connectivity index (χ1v) is 6.00. The number of fused-ring (bicyclic) bond motifs is 1. The Bertz CT molecular complexity index is 752. The number of nitrogens with one attached hydrogen (secondary N) is 1. The van der Waals surface area contributed by atoms with Crippen LogP contribution < -0.4 is 11.1 Å². The van der Waals surface area contributed by atoms with Crippen LogP contribution >= 0.6 is 0 Å². The highest BCUT2D eigenvalue weighted by Gasteiger charge is 2.10. The van der Waals surface area contributed by atoms with Crippen molar-refractivity contribution in [2.45, 2.75) is 6.54 Å². The zero-order valence-electron chi connectivity index (χ0n) is 10.5. The predicted molar refractivity (Wildman–Crippen MR) is 74.8 cm³/mol. The summed E-state index contributed by atoms with van der Waals surface area (Å²) in [6.07, 6.45) is 2.88. The highest BCUT2D eigenvalue weighted by Crippen LogP contribution is 2.14. The summed E-state index contributed by atoms with van der Waals surface area (Å²) in [6.45, 7) is 0.113. The van der Waals surface area contributed by atoms with Gasteiger partial charge in [0.15, 0.2) is 11.5 Å². The number of hydrogen-bond donors (Lipinski definition) is 2. The minimum Gasteiger partial charge on any atom is -0.382 e. The summed E-state index contributed by atoms with van der Waals surface area (Å²) >= 11 is 0. The van der Waals surface area contributed by atoms with Gasteiger partial charge in [-0.05, 0) is 12.1 Å². The molecule has 0 saturated carbocycles. The van der Waals surface area contributed by atoms with Crippen LogP contribution in [0, 0.1) is 0 Å². The van der Waals surface area contributed by atoms with Crippen LogP contribution in [0.15, 0.2) is 43.0 Å². The Hall–Kier alpha value is -2.96. The molecule has 0 atom stereocenters. The highest BCUT2D eigenvalue weighted by molar-refractivity contribution is 5.91. The van der Waals surface area contributed by atoms with Crippen LogP contribution in [-0.4, -0.2) is 25.4 Å². The number of rotatable bonds is 3. The molecule has 3 aromatic rings. The third-order valence-electron chi connectivity index (χ3n) is 2.80. The standard InChI is InChI=1S/C13H12N6O/c14-12-11-13(16-7-15-12)19(8-17-11)6-10(20)18-9-4-2-1-3-5-9/h1-5,7-8H,6H2,(H,18,20)(H2,14,15,16). The zero-order valence-corrected chi connectivity index (χ0v) is 10.5. The van der Waals surface area contributed by atoms with Gasteiger partial charge in [0.2, 0.25) is 5.91 Å². The van der Waals surface area contributed by atoms with Crippen molar-refractivity contribution in [3.05, 3.63) is 43.0 Å². The van der Waals surface area contributed by atoms with Gasteiger partial charge in [0.25, 0.3) is 0 Å². The van der Waals surface area contributed by atoms with Crippen molar-refractivity contribution in [2.75, 3.05) is 11.1 Å². The molecule has 0 unspecified atom stereocenters. The first kappa shape index (κ1) is 12.1. The van der Waals surface area contributed by atoms with Crippen LogP contribution in [0.25, 0.3) is 11.2 Å². The minimum atomic E-state index is -0.160. The van der Waals surface area contributed by atoms with Gasteiger partial charge in [-0.25, -0.2) is 15.0 Å². The lowest BCUT2D eigenvalue weighted by Gasteiger charge is -2.06. The number of carbonyl (C=O) groups is 1. The molecular formula is C13H12N6O. The number of nitrogen functional groups attached to an aromatic ring is 1. The van der Waals surface area contributed by atoms with E-state index in [0.717, 1.165) is 5.69 Å². The van der Waals surface area contributed by atoms with E-state index < -0.39 is 0 Å². The van der Waals surface area contributed by atoms with Crippen LogP contribution in [-0.2, 0) is 11.3 Å². The van der Waals surface area contributed by atoms with Crippen LogP contribution in [0.3, 0.4) is 0 Å². The van der Waals surface area contributed by atoms with Gasteiger partial charge in [0.1, 0.15) is 18.4 Å². The first-order chi connectivity index (χ1) is 9.74. The Morgan fingerprint density at radius 1 is 1.20 bits per heavy atom. The molecule has 0 bridgehead atoms. The van der Waals surface area contributed by atoms with Gasteiger partial charge in [-0.15, -0.1) is 0 Å². The largest absolute Gasteiger partial charge is 0.382 e. The second-order valence-electron chi connectivity index (χ2n) is 4.22. The normalized spacial score (nSPS) is 10.6. The van der Waals surface area contributed by atoms with E-state index in [1.807, 2.05) is 30.3 Å². The van der Waals surface area contributed by atoms with Gasteiger partial charge in [-0.3, -0.25) is 4.79 Å². The molecule has 2 aromatic heterocycles. The number of anilines is 2. The number of nitrogens with two attached hydrogens (primary N) is 1. The monoisotopic (exact) mass is 268 g/mol. The van der Waals surface area contributed by atoms with Crippen molar-refractivity contribution in [3.8, 4) is 0 Å². The third-order valence-corrected chi connectivity index (χ3v) is 2.80. The minimum absolute atomic E-state index is 0.113. The SMILES string of the molecule is Nc1ncnc2c1ncn2CC(=O)Nc1ccccc1. The molecule has 3 N–H and O–H groups in total. The molecule has 3 rings (SSSR count). The number of imidazole rings is 1. The molecule has 2 heterocycles. The van der Waals surface area contributed by atoms with Crippen LogP contribution in [0.2, 0.25) is 0 Å². The quantitative estimate of drug-likeness (QED) is 0.739. The van der Waals surface area contributed by atoms with E-state index in [1.165, 1.54) is 12.7 Å². The molecule has 1 amide bonds. The number of para-hydroxylation sites is 1. The van der Waals surface area contributed by atoms with Crippen molar-refractivity contribution in [3.63, 3.8) is 0 Å². The molecule has 0 radical (unpaired) electrons. The zero-order chi connectivity index (χ0) is 13.9. The second kappa shape index (κ2) is 4.96. The van der Waals surface area contributed by atoms with Crippen molar-refractivity contribution in [1.29, 1.82) is 0 Å². The Balaban J connectivity index is 1.80. The van der Waals surface area contributed by atoms with Crippen molar-refractivity contribution in [2.24, 2.45) is 0 Å². The summed E-state index contributed by atoms with van der Waals surface area (Å²) in [4.78, 5) is 24.0. The van der Waals surface area contributed by atoms with Crippen molar-refractivity contribution in [1.82, 2.24) is 19.5 Å². The Morgan fingerprint density at radius 2 is 2.00 bits per heavy atom. The number of amides is 1. The summed E-state index contributed by atoms with van der Waals surface area (Å²) in [5.74, 6) is 0.143. The van der Waals surface area contributed by atoms with E-state index in [9.17, 15) is 4.79 Å². The van der Waals surface area contributed by atoms with Gasteiger partial charge in [0, 0.05) is 5.69 Å². The lowest BCUT2D eigenvalue weighted by molar-refractivity contribution is -0.116. The molecule has 20 heavy (non-hydrogen) atoms. The molecule has 0 aliphatic heterocycles. The van der Waals surface area contributed by atoms with Gasteiger partial charge in [-0.1, -0.05) is 18.2 Å². The Kier molecular flexibility index (Phi) is 3.00. The van der Waals surface area contributed by atoms with Crippen LogP contribution in [0.5, 0.6) is 0 Å². The van der Waals surface area contributed by atoms with E-state index in [4.69, 9.17) is 5.73 Å². The van der Waals surface area contributed by atoms with E-state index in [-0.39, 0.29) is 12.5 Å². The molecule has 0 aliphatic rings. The lowest BCUT2D eigenvalue weighted by Crippen LogP contribution is -2.18. The van der Waals surface area contributed by atoms with Gasteiger partial charge in [-0.2, -0.15) is 0 Å². The van der Waals surface area contributed by atoms with Gasteiger partial charge < -0.3 is 15.6 Å². The second-order valence-corrected chi connectivity index (χ2v) is 4.22. The van der Waals surface area contributed by atoms with E-state index in [0.29, 0.717) is 17.0 Å². The van der Waals surface area contributed by atoms with Gasteiger partial charge >= 0.3 is 0 Å². The maximum Gasteiger partial charge on any atom is 0.244 e. The fourth-order valence-corrected chi connectivity index (χ4v) is 1.89. The highest BCUT2D eigenvalue weighted by atomic mass is 16.1.